The van der Waals surface area contributed by atoms with Gasteiger partial charge >= 0.3 is 0 Å². The first-order valence-electron chi connectivity index (χ1n) is 8.28. The molecular formula is C18H21Cl2N3O4. The Kier molecular flexibility index (Phi) is 7.26. The number of carbonyl (C=O) groups is 1. The lowest BCUT2D eigenvalue weighted by Gasteiger charge is -2.19. The van der Waals surface area contributed by atoms with Gasteiger partial charge in [0.25, 0.3) is 0 Å². The number of halogens is 2. The van der Waals surface area contributed by atoms with Crippen molar-refractivity contribution in [2.75, 3.05) is 25.1 Å². The van der Waals surface area contributed by atoms with Gasteiger partial charge in [-0.05, 0) is 36.8 Å². The van der Waals surface area contributed by atoms with Crippen LogP contribution in [0, 0.1) is 0 Å². The summed E-state index contributed by atoms with van der Waals surface area (Å²) in [6.07, 6.45) is -0.0685. The summed E-state index contributed by atoms with van der Waals surface area (Å²) >= 11 is 0. The summed E-state index contributed by atoms with van der Waals surface area (Å²) in [5, 5.41) is 15.3. The molecule has 1 aromatic carbocycles. The van der Waals surface area contributed by atoms with E-state index < -0.39 is 12.1 Å². The zero-order valence-electron chi connectivity index (χ0n) is 14.4. The second-order valence-electron chi connectivity index (χ2n) is 6.11. The van der Waals surface area contributed by atoms with Crippen LogP contribution in [-0.4, -0.2) is 47.9 Å². The first-order valence-corrected chi connectivity index (χ1v) is 8.28. The Labute approximate surface area is 169 Å². The average molecular weight is 414 g/mol. The molecule has 0 aliphatic carbocycles. The summed E-state index contributed by atoms with van der Waals surface area (Å²) in [7, 11) is 0. The van der Waals surface area contributed by atoms with Crippen molar-refractivity contribution >= 4 is 36.5 Å². The number of nitrogens with one attached hydrogen (secondary N) is 2. The van der Waals surface area contributed by atoms with Gasteiger partial charge in [0.1, 0.15) is 19.0 Å². The predicted molar refractivity (Wildman–Crippen MR) is 106 cm³/mol. The second-order valence-corrected chi connectivity index (χ2v) is 6.11. The van der Waals surface area contributed by atoms with Gasteiger partial charge in [-0.3, -0.25) is 4.79 Å². The van der Waals surface area contributed by atoms with Gasteiger partial charge in [0.05, 0.1) is 17.8 Å². The molecule has 2 aliphatic heterocycles. The molecule has 146 valence electrons. The zero-order chi connectivity index (χ0) is 17.2. The van der Waals surface area contributed by atoms with Gasteiger partial charge in [0, 0.05) is 12.1 Å². The SMILES string of the molecule is Cl.Cl.O=C(Nc1cccc(-c2ccc3c(c2)OCCO3)n1)C1CC(O)CN1. The molecule has 0 saturated carbocycles. The van der Waals surface area contributed by atoms with Crippen LogP contribution in [0.4, 0.5) is 5.82 Å². The number of rotatable bonds is 3. The maximum atomic E-state index is 12.2. The maximum absolute atomic E-state index is 12.2. The van der Waals surface area contributed by atoms with Crippen LogP contribution in [0.15, 0.2) is 36.4 Å². The quantitative estimate of drug-likeness (QED) is 0.712. The van der Waals surface area contributed by atoms with E-state index in [0.717, 1.165) is 17.0 Å². The van der Waals surface area contributed by atoms with Crippen molar-refractivity contribution in [1.82, 2.24) is 10.3 Å². The monoisotopic (exact) mass is 413 g/mol. The second kappa shape index (κ2) is 9.23. The number of hydrogen-bond acceptors (Lipinski definition) is 6. The molecule has 0 bridgehead atoms. The number of β-amino-alcohol motifs (C(OH)–C–C–N with tert-alkyl or cyclic N) is 1. The number of anilines is 1. The first kappa shape index (κ1) is 21.2. The topological polar surface area (TPSA) is 92.7 Å². The molecule has 27 heavy (non-hydrogen) atoms. The van der Waals surface area contributed by atoms with Crippen molar-refractivity contribution in [3.8, 4) is 22.8 Å². The number of ether oxygens (including phenoxy) is 2. The standard InChI is InChI=1S/C18H19N3O4.2ClH/c22-12-9-14(19-10-12)18(23)21-17-3-1-2-13(20-17)11-4-5-15-16(8-11)25-7-6-24-15;;/h1-5,8,12,14,19,22H,6-7,9-10H2,(H,20,21,23);2*1H. The lowest BCUT2D eigenvalue weighted by atomic mass is 10.1. The van der Waals surface area contributed by atoms with Gasteiger partial charge in [0.15, 0.2) is 11.5 Å². The number of aliphatic hydroxyl groups excluding tert-OH is 1. The molecule has 1 aromatic heterocycles. The summed E-state index contributed by atoms with van der Waals surface area (Å²) in [6, 6.07) is 10.7. The molecule has 4 rings (SSSR count). The van der Waals surface area contributed by atoms with E-state index in [4.69, 9.17) is 9.47 Å². The van der Waals surface area contributed by atoms with E-state index in [1.54, 1.807) is 6.07 Å². The summed E-state index contributed by atoms with van der Waals surface area (Å²) in [5.74, 6) is 1.71. The number of benzene rings is 1. The smallest absolute Gasteiger partial charge is 0.242 e. The highest BCUT2D eigenvalue weighted by Gasteiger charge is 2.28. The fourth-order valence-electron chi connectivity index (χ4n) is 3.00. The van der Waals surface area contributed by atoms with Crippen LogP contribution >= 0.6 is 24.8 Å². The van der Waals surface area contributed by atoms with E-state index in [1.807, 2.05) is 30.3 Å². The molecule has 1 amide bonds. The number of aromatic nitrogens is 1. The van der Waals surface area contributed by atoms with Crippen molar-refractivity contribution in [3.05, 3.63) is 36.4 Å². The van der Waals surface area contributed by atoms with Crippen LogP contribution in [-0.2, 0) is 4.79 Å². The Morgan fingerprint density at radius 2 is 1.93 bits per heavy atom. The van der Waals surface area contributed by atoms with E-state index in [9.17, 15) is 9.90 Å². The average Bonchev–Trinajstić information content (AvgIpc) is 3.08. The van der Waals surface area contributed by atoms with Crippen molar-refractivity contribution in [1.29, 1.82) is 0 Å². The molecule has 0 radical (unpaired) electrons. The number of carbonyl (C=O) groups excluding carboxylic acids is 1. The number of aliphatic hydroxyl groups is 1. The van der Waals surface area contributed by atoms with Gasteiger partial charge < -0.3 is 25.2 Å². The number of fused-ring (bicyclic) bond motifs is 1. The van der Waals surface area contributed by atoms with E-state index in [0.29, 0.717) is 37.7 Å². The molecule has 3 heterocycles. The Balaban J connectivity index is 0.00000131. The lowest BCUT2D eigenvalue weighted by molar-refractivity contribution is -0.118. The van der Waals surface area contributed by atoms with Gasteiger partial charge in [-0.1, -0.05) is 6.07 Å². The minimum Gasteiger partial charge on any atom is -0.486 e. The summed E-state index contributed by atoms with van der Waals surface area (Å²) in [4.78, 5) is 16.7. The molecular weight excluding hydrogens is 393 g/mol. The van der Waals surface area contributed by atoms with Crippen LogP contribution in [0.25, 0.3) is 11.3 Å². The normalized spacial score (nSPS) is 20.2. The Hall–Kier alpha value is -2.06. The largest absolute Gasteiger partial charge is 0.486 e. The number of pyridine rings is 1. The molecule has 0 spiro atoms. The van der Waals surface area contributed by atoms with E-state index >= 15 is 0 Å². The number of hydrogen-bond donors (Lipinski definition) is 3. The van der Waals surface area contributed by atoms with Crippen LogP contribution in [0.2, 0.25) is 0 Å². The Morgan fingerprint density at radius 3 is 2.67 bits per heavy atom. The van der Waals surface area contributed by atoms with Crippen LogP contribution in [0.1, 0.15) is 6.42 Å². The molecule has 3 N–H and O–H groups in total. The van der Waals surface area contributed by atoms with Crippen molar-refractivity contribution in [3.63, 3.8) is 0 Å². The number of amides is 1. The van der Waals surface area contributed by atoms with Crippen LogP contribution < -0.4 is 20.1 Å². The third kappa shape index (κ3) is 4.81. The van der Waals surface area contributed by atoms with Crippen molar-refractivity contribution < 1.29 is 19.4 Å². The minimum atomic E-state index is -0.479. The highest BCUT2D eigenvalue weighted by molar-refractivity contribution is 5.94. The highest BCUT2D eigenvalue weighted by atomic mass is 35.5. The zero-order valence-corrected chi connectivity index (χ0v) is 16.0. The summed E-state index contributed by atoms with van der Waals surface area (Å²) in [5.41, 5.74) is 1.61. The third-order valence-electron chi connectivity index (χ3n) is 4.26. The van der Waals surface area contributed by atoms with Gasteiger partial charge in [-0.15, -0.1) is 24.8 Å². The van der Waals surface area contributed by atoms with Crippen LogP contribution in [0.3, 0.4) is 0 Å². The molecule has 7 nitrogen and oxygen atoms in total. The molecule has 1 saturated heterocycles. The molecule has 2 unspecified atom stereocenters. The van der Waals surface area contributed by atoms with Crippen molar-refractivity contribution in [2.45, 2.75) is 18.6 Å². The fraction of sp³-hybridized carbons (Fsp3) is 0.333. The molecule has 1 fully saturated rings. The minimum absolute atomic E-state index is 0. The molecule has 2 aromatic rings. The van der Waals surface area contributed by atoms with Crippen molar-refractivity contribution in [2.24, 2.45) is 0 Å². The van der Waals surface area contributed by atoms with E-state index in [1.165, 1.54) is 0 Å². The maximum Gasteiger partial charge on any atom is 0.242 e. The lowest BCUT2D eigenvalue weighted by Crippen LogP contribution is -2.35. The van der Waals surface area contributed by atoms with E-state index in [-0.39, 0.29) is 30.7 Å². The Bertz CT molecular complexity index is 806. The fourth-order valence-corrected chi connectivity index (χ4v) is 3.00. The third-order valence-corrected chi connectivity index (χ3v) is 4.26. The molecule has 2 aliphatic rings. The molecule has 9 heteroatoms. The van der Waals surface area contributed by atoms with Gasteiger partial charge in [0.2, 0.25) is 5.91 Å². The Morgan fingerprint density at radius 1 is 1.15 bits per heavy atom. The van der Waals surface area contributed by atoms with E-state index in [2.05, 4.69) is 15.6 Å². The molecule has 2 atom stereocenters. The summed E-state index contributed by atoms with van der Waals surface area (Å²) in [6.45, 7) is 1.51. The number of nitrogens with zero attached hydrogens (tertiary/aromatic N) is 1. The van der Waals surface area contributed by atoms with Crippen LogP contribution in [0.5, 0.6) is 11.5 Å². The first-order chi connectivity index (χ1) is 12.2. The summed E-state index contributed by atoms with van der Waals surface area (Å²) < 4.78 is 11.1. The predicted octanol–water partition coefficient (Wildman–Crippen LogP) is 2.02. The van der Waals surface area contributed by atoms with Gasteiger partial charge in [-0.2, -0.15) is 0 Å². The van der Waals surface area contributed by atoms with Gasteiger partial charge in [-0.25, -0.2) is 4.98 Å². The highest BCUT2D eigenvalue weighted by Crippen LogP contribution is 2.34.